The van der Waals surface area contributed by atoms with Crippen LogP contribution in [0.3, 0.4) is 0 Å². The molecule has 0 amide bonds. The quantitative estimate of drug-likeness (QED) is 0.313. The number of rotatable bonds is 7. The molecular weight excluding hydrogens is 542 g/mol. The Balaban J connectivity index is 1.41. The van der Waals surface area contributed by atoms with Crippen LogP contribution in [0.4, 0.5) is 5.69 Å². The first-order valence-electron chi connectivity index (χ1n) is 11.7. The predicted molar refractivity (Wildman–Crippen MR) is 146 cm³/mol. The number of hydrogen-bond donors (Lipinski definition) is 0. The molecule has 0 unspecified atom stereocenters. The summed E-state index contributed by atoms with van der Waals surface area (Å²) in [6.07, 6.45) is 1.77. The summed E-state index contributed by atoms with van der Waals surface area (Å²) < 4.78 is 40.2. The largest absolute Gasteiger partial charge is 0.497 e. The van der Waals surface area contributed by atoms with Gasteiger partial charge in [0.1, 0.15) is 11.5 Å². The zero-order valence-electron chi connectivity index (χ0n) is 20.2. The van der Waals surface area contributed by atoms with Crippen LogP contribution in [0.1, 0.15) is 5.56 Å². The van der Waals surface area contributed by atoms with Crippen LogP contribution in [0, 0.1) is 0 Å². The summed E-state index contributed by atoms with van der Waals surface area (Å²) in [5.74, 6) is 1.49. The molecule has 1 aliphatic rings. The first-order chi connectivity index (χ1) is 17.4. The lowest BCUT2D eigenvalue weighted by molar-refractivity contribution is 0.250. The Morgan fingerprint density at radius 3 is 2.31 bits per heavy atom. The van der Waals surface area contributed by atoms with Crippen LogP contribution < -0.4 is 14.4 Å². The molecule has 1 fully saturated rings. The van der Waals surface area contributed by atoms with E-state index in [4.69, 9.17) is 9.47 Å². The lowest BCUT2D eigenvalue weighted by Crippen LogP contribution is -2.46. The number of fused-ring (bicyclic) bond motifs is 1. The second kappa shape index (κ2) is 10.2. The van der Waals surface area contributed by atoms with Crippen LogP contribution in [0.2, 0.25) is 0 Å². The average Bonchev–Trinajstić information content (AvgIpc) is 3.27. The number of benzene rings is 3. The topological polar surface area (TPSA) is 64.0 Å². The molecule has 36 heavy (non-hydrogen) atoms. The van der Waals surface area contributed by atoms with Gasteiger partial charge in [-0.1, -0.05) is 28.1 Å². The molecular formula is C27H28BrN3O4S. The van der Waals surface area contributed by atoms with Crippen molar-refractivity contribution in [1.29, 1.82) is 0 Å². The SMILES string of the molecule is COc1ccc(S(=O)(=O)n2cc(CN3CCN(c4ccccc4OC)CC3)c3cc(Br)ccc32)cc1. The molecule has 0 saturated carbocycles. The van der Waals surface area contributed by atoms with Crippen LogP contribution in [0.5, 0.6) is 11.5 Å². The van der Waals surface area contributed by atoms with Gasteiger partial charge in [-0.3, -0.25) is 4.90 Å². The number of halogens is 1. The summed E-state index contributed by atoms with van der Waals surface area (Å²) in [4.78, 5) is 4.93. The molecule has 0 spiro atoms. The second-order valence-corrected chi connectivity index (χ2v) is 11.5. The summed E-state index contributed by atoms with van der Waals surface area (Å²) in [5, 5.41) is 0.925. The van der Waals surface area contributed by atoms with E-state index in [-0.39, 0.29) is 4.90 Å². The van der Waals surface area contributed by atoms with Crippen LogP contribution in [0.15, 0.2) is 82.3 Å². The van der Waals surface area contributed by atoms with Gasteiger partial charge in [0, 0.05) is 48.8 Å². The molecule has 1 aromatic heterocycles. The first kappa shape index (κ1) is 24.7. The number of piperazine rings is 1. The minimum atomic E-state index is -3.77. The molecule has 4 aromatic rings. The molecule has 7 nitrogen and oxygen atoms in total. The van der Waals surface area contributed by atoms with Crippen molar-refractivity contribution in [2.75, 3.05) is 45.3 Å². The van der Waals surface area contributed by atoms with Gasteiger partial charge in [-0.15, -0.1) is 0 Å². The lowest BCUT2D eigenvalue weighted by atomic mass is 10.1. The van der Waals surface area contributed by atoms with E-state index in [9.17, 15) is 8.42 Å². The number of hydrogen-bond acceptors (Lipinski definition) is 6. The van der Waals surface area contributed by atoms with Crippen molar-refractivity contribution < 1.29 is 17.9 Å². The Bertz CT molecular complexity index is 1480. The van der Waals surface area contributed by atoms with Gasteiger partial charge < -0.3 is 14.4 Å². The van der Waals surface area contributed by atoms with Gasteiger partial charge in [-0.05, 0) is 60.2 Å². The highest BCUT2D eigenvalue weighted by Crippen LogP contribution is 2.32. The van der Waals surface area contributed by atoms with E-state index < -0.39 is 10.0 Å². The summed E-state index contributed by atoms with van der Waals surface area (Å²) in [6.45, 7) is 4.13. The second-order valence-electron chi connectivity index (χ2n) is 8.73. The maximum absolute atomic E-state index is 13.6. The molecule has 0 radical (unpaired) electrons. The van der Waals surface area contributed by atoms with Crippen molar-refractivity contribution >= 4 is 42.5 Å². The smallest absolute Gasteiger partial charge is 0.268 e. The van der Waals surface area contributed by atoms with Crippen molar-refractivity contribution in [1.82, 2.24) is 8.87 Å². The van der Waals surface area contributed by atoms with Crippen LogP contribution >= 0.6 is 15.9 Å². The van der Waals surface area contributed by atoms with Gasteiger partial charge >= 0.3 is 0 Å². The molecule has 5 rings (SSSR count). The molecule has 0 bridgehead atoms. The van der Waals surface area contributed by atoms with Crippen molar-refractivity contribution in [2.45, 2.75) is 11.4 Å². The maximum atomic E-state index is 13.6. The standard InChI is InChI=1S/C27H28BrN3O4S/c1-34-22-8-10-23(11-9-22)36(32,33)31-19-20(24-17-21(28)7-12-25(24)31)18-29-13-15-30(16-14-29)26-5-3-4-6-27(26)35-2/h3-12,17,19H,13-16,18H2,1-2H3. The predicted octanol–water partition coefficient (Wildman–Crippen LogP) is 4.98. The van der Waals surface area contributed by atoms with E-state index >= 15 is 0 Å². The van der Waals surface area contributed by atoms with E-state index in [0.717, 1.165) is 53.0 Å². The third kappa shape index (κ3) is 4.70. The lowest BCUT2D eigenvalue weighted by Gasteiger charge is -2.36. The molecule has 0 atom stereocenters. The molecule has 9 heteroatoms. The van der Waals surface area contributed by atoms with E-state index in [1.54, 1.807) is 44.7 Å². The van der Waals surface area contributed by atoms with Crippen molar-refractivity contribution in [3.8, 4) is 11.5 Å². The van der Waals surface area contributed by atoms with E-state index in [0.29, 0.717) is 17.8 Å². The zero-order valence-corrected chi connectivity index (χ0v) is 22.6. The number of aromatic nitrogens is 1. The monoisotopic (exact) mass is 569 g/mol. The van der Waals surface area contributed by atoms with Crippen LogP contribution in [-0.4, -0.2) is 57.7 Å². The number of para-hydroxylation sites is 2. The minimum absolute atomic E-state index is 0.222. The Hall–Kier alpha value is -3.01. The summed E-state index contributed by atoms with van der Waals surface area (Å²) in [6, 6.07) is 20.3. The normalized spacial score (nSPS) is 14.8. The highest BCUT2D eigenvalue weighted by molar-refractivity contribution is 9.10. The highest BCUT2D eigenvalue weighted by Gasteiger charge is 2.24. The van der Waals surface area contributed by atoms with Gasteiger partial charge in [0.25, 0.3) is 10.0 Å². The molecule has 1 aliphatic heterocycles. The number of ether oxygens (including phenoxy) is 2. The number of methoxy groups -OCH3 is 2. The highest BCUT2D eigenvalue weighted by atomic mass is 79.9. The van der Waals surface area contributed by atoms with Crippen LogP contribution in [0.25, 0.3) is 10.9 Å². The van der Waals surface area contributed by atoms with Gasteiger partial charge in [-0.25, -0.2) is 12.4 Å². The fourth-order valence-corrected chi connectivity index (χ4v) is 6.46. The zero-order chi connectivity index (χ0) is 25.3. The first-order valence-corrected chi connectivity index (χ1v) is 13.9. The Labute approximate surface area is 220 Å². The third-order valence-corrected chi connectivity index (χ3v) is 8.80. The van der Waals surface area contributed by atoms with Crippen molar-refractivity contribution in [3.63, 3.8) is 0 Å². The minimum Gasteiger partial charge on any atom is -0.497 e. The molecule has 1 saturated heterocycles. The van der Waals surface area contributed by atoms with Gasteiger partial charge in [0.05, 0.1) is 30.3 Å². The molecule has 0 N–H and O–H groups in total. The van der Waals surface area contributed by atoms with Crippen molar-refractivity contribution in [3.05, 3.63) is 83.0 Å². The molecule has 2 heterocycles. The number of nitrogens with zero attached hydrogens (tertiary/aromatic N) is 3. The van der Waals surface area contributed by atoms with E-state index in [1.807, 2.05) is 36.4 Å². The average molecular weight is 571 g/mol. The Morgan fingerprint density at radius 2 is 1.61 bits per heavy atom. The molecule has 0 aliphatic carbocycles. The fourth-order valence-electron chi connectivity index (χ4n) is 4.70. The maximum Gasteiger partial charge on any atom is 0.268 e. The van der Waals surface area contributed by atoms with Crippen LogP contribution in [-0.2, 0) is 16.6 Å². The summed E-state index contributed by atoms with van der Waals surface area (Å²) >= 11 is 3.55. The van der Waals surface area contributed by atoms with E-state index in [2.05, 4.69) is 31.8 Å². The third-order valence-electron chi connectivity index (χ3n) is 6.62. The Kier molecular flexibility index (Phi) is 6.96. The number of anilines is 1. The molecule has 188 valence electrons. The summed E-state index contributed by atoms with van der Waals surface area (Å²) in [7, 11) is -0.515. The summed E-state index contributed by atoms with van der Waals surface area (Å²) in [5.41, 5.74) is 2.75. The van der Waals surface area contributed by atoms with Crippen molar-refractivity contribution in [2.24, 2.45) is 0 Å². The fraction of sp³-hybridized carbons (Fsp3) is 0.259. The van der Waals surface area contributed by atoms with Gasteiger partial charge in [-0.2, -0.15) is 0 Å². The Morgan fingerprint density at radius 1 is 0.889 bits per heavy atom. The molecule has 3 aromatic carbocycles. The van der Waals surface area contributed by atoms with Gasteiger partial charge in [0.15, 0.2) is 0 Å². The van der Waals surface area contributed by atoms with Gasteiger partial charge in [0.2, 0.25) is 0 Å². The van der Waals surface area contributed by atoms with E-state index in [1.165, 1.54) is 3.97 Å².